The number of carbonyl (C=O) groups excluding carboxylic acids is 1. The number of nitro groups is 1. The summed E-state index contributed by atoms with van der Waals surface area (Å²) in [5, 5.41) is 14.5. The summed E-state index contributed by atoms with van der Waals surface area (Å²) in [6, 6.07) is 4.87. The summed E-state index contributed by atoms with van der Waals surface area (Å²) in [6.07, 6.45) is 2.26. The highest BCUT2D eigenvalue weighted by Gasteiger charge is 2.21. The van der Waals surface area contributed by atoms with E-state index in [0.29, 0.717) is 12.5 Å². The molecule has 8 heteroatoms. The number of piperidine rings is 1. The van der Waals surface area contributed by atoms with E-state index in [0.717, 1.165) is 38.0 Å². The highest BCUT2D eigenvalue weighted by atomic mass is 16.6. The van der Waals surface area contributed by atoms with Crippen molar-refractivity contribution in [3.05, 3.63) is 33.9 Å². The lowest BCUT2D eigenvalue weighted by molar-refractivity contribution is -0.385. The molecule has 0 atom stereocenters. The molecular formula is C17H25N3O5. The molecule has 1 fully saturated rings. The second kappa shape index (κ2) is 9.33. The molecule has 0 radical (unpaired) electrons. The molecule has 1 aromatic carbocycles. The van der Waals surface area contributed by atoms with Crippen LogP contribution in [0.4, 0.5) is 5.69 Å². The highest BCUT2D eigenvalue weighted by molar-refractivity contribution is 5.71. The number of rotatable bonds is 8. The van der Waals surface area contributed by atoms with Crippen LogP contribution in [-0.2, 0) is 16.1 Å². The van der Waals surface area contributed by atoms with Crippen molar-refractivity contribution in [3.63, 3.8) is 0 Å². The molecule has 1 N–H and O–H groups in total. The molecule has 2 rings (SSSR count). The molecule has 0 unspecified atom stereocenters. The molecule has 1 saturated heterocycles. The Morgan fingerprint density at radius 1 is 1.40 bits per heavy atom. The Hall–Kier alpha value is -2.19. The molecule has 0 amide bonds. The van der Waals surface area contributed by atoms with Crippen LogP contribution in [-0.4, -0.2) is 56.2 Å². The second-order valence-electron chi connectivity index (χ2n) is 6.20. The number of benzene rings is 1. The van der Waals surface area contributed by atoms with Crippen LogP contribution in [0.3, 0.4) is 0 Å². The highest BCUT2D eigenvalue weighted by Crippen LogP contribution is 2.29. The van der Waals surface area contributed by atoms with Gasteiger partial charge in [0.2, 0.25) is 0 Å². The average Bonchev–Trinajstić information content (AvgIpc) is 2.62. The second-order valence-corrected chi connectivity index (χ2v) is 6.20. The van der Waals surface area contributed by atoms with E-state index in [-0.39, 0.29) is 18.0 Å². The van der Waals surface area contributed by atoms with Crippen LogP contribution < -0.4 is 10.1 Å². The number of nitrogens with one attached hydrogen (secondary N) is 1. The Kier molecular flexibility index (Phi) is 7.15. The summed E-state index contributed by atoms with van der Waals surface area (Å²) in [7, 11) is 3.21. The smallest absolute Gasteiger partial charge is 0.343 e. The average molecular weight is 351 g/mol. The third kappa shape index (κ3) is 5.68. The lowest BCUT2D eigenvalue weighted by atomic mass is 9.96. The van der Waals surface area contributed by atoms with Gasteiger partial charge in [-0.3, -0.25) is 15.0 Å². The Morgan fingerprint density at radius 3 is 2.72 bits per heavy atom. The lowest BCUT2D eigenvalue weighted by Crippen LogP contribution is -2.36. The van der Waals surface area contributed by atoms with Gasteiger partial charge in [0.15, 0.2) is 12.4 Å². The summed E-state index contributed by atoms with van der Waals surface area (Å²) < 4.78 is 9.68. The number of nitro benzene ring substituents is 1. The monoisotopic (exact) mass is 351 g/mol. The number of hydrogen-bond acceptors (Lipinski definition) is 7. The lowest BCUT2D eigenvalue weighted by Gasteiger charge is -2.31. The van der Waals surface area contributed by atoms with Crippen molar-refractivity contribution in [1.29, 1.82) is 0 Å². The van der Waals surface area contributed by atoms with E-state index in [1.54, 1.807) is 12.1 Å². The fourth-order valence-corrected chi connectivity index (χ4v) is 3.02. The van der Waals surface area contributed by atoms with E-state index in [4.69, 9.17) is 4.74 Å². The van der Waals surface area contributed by atoms with Gasteiger partial charge in [-0.2, -0.15) is 0 Å². The van der Waals surface area contributed by atoms with Crippen LogP contribution in [0.5, 0.6) is 5.75 Å². The molecule has 1 aliphatic rings. The third-order valence-corrected chi connectivity index (χ3v) is 4.40. The molecule has 0 bridgehead atoms. The fraction of sp³-hybridized carbons (Fsp3) is 0.588. The molecule has 138 valence electrons. The summed E-state index contributed by atoms with van der Waals surface area (Å²) in [6.45, 7) is 3.33. The van der Waals surface area contributed by atoms with Crippen molar-refractivity contribution in [1.82, 2.24) is 10.2 Å². The molecule has 0 aromatic heterocycles. The minimum atomic E-state index is -0.581. The molecule has 8 nitrogen and oxygen atoms in total. The predicted octanol–water partition coefficient (Wildman–Crippen LogP) is 1.58. The van der Waals surface area contributed by atoms with Crippen molar-refractivity contribution >= 4 is 11.7 Å². The van der Waals surface area contributed by atoms with Gasteiger partial charge in [-0.05, 0) is 57.1 Å². The third-order valence-electron chi connectivity index (χ3n) is 4.40. The predicted molar refractivity (Wildman–Crippen MR) is 92.5 cm³/mol. The van der Waals surface area contributed by atoms with E-state index in [1.165, 1.54) is 13.2 Å². The van der Waals surface area contributed by atoms with Crippen molar-refractivity contribution in [3.8, 4) is 5.75 Å². The maximum absolute atomic E-state index is 11.3. The van der Waals surface area contributed by atoms with Crippen molar-refractivity contribution in [2.45, 2.75) is 19.4 Å². The van der Waals surface area contributed by atoms with E-state index >= 15 is 0 Å². The van der Waals surface area contributed by atoms with E-state index < -0.39 is 10.9 Å². The van der Waals surface area contributed by atoms with Crippen LogP contribution >= 0.6 is 0 Å². The first-order valence-electron chi connectivity index (χ1n) is 8.37. The van der Waals surface area contributed by atoms with E-state index in [1.807, 2.05) is 7.05 Å². The molecular weight excluding hydrogens is 326 g/mol. The van der Waals surface area contributed by atoms with Crippen molar-refractivity contribution in [2.75, 3.05) is 40.4 Å². The number of methoxy groups -OCH3 is 1. The summed E-state index contributed by atoms with van der Waals surface area (Å²) >= 11 is 0. The molecule has 1 heterocycles. The number of ether oxygens (including phenoxy) is 2. The Morgan fingerprint density at radius 2 is 2.12 bits per heavy atom. The van der Waals surface area contributed by atoms with Gasteiger partial charge in [-0.1, -0.05) is 6.07 Å². The van der Waals surface area contributed by atoms with Gasteiger partial charge in [0.1, 0.15) is 0 Å². The van der Waals surface area contributed by atoms with Gasteiger partial charge in [0.25, 0.3) is 0 Å². The Labute approximate surface area is 147 Å². The summed E-state index contributed by atoms with van der Waals surface area (Å²) in [5.74, 6) is 0.194. The zero-order valence-electron chi connectivity index (χ0n) is 14.7. The standard InChI is InChI=1S/C17H25N3O5/c1-18-10-13-5-7-19(8-6-13)11-14-3-4-16(15(9-14)20(22)23)25-12-17(21)24-2/h3-4,9,13,18H,5-8,10-12H2,1-2H3. The SMILES string of the molecule is CNCC1CCN(Cc2ccc(OCC(=O)OC)c([N+](=O)[O-])c2)CC1. The van der Waals surface area contributed by atoms with Gasteiger partial charge in [0.05, 0.1) is 12.0 Å². The van der Waals surface area contributed by atoms with Gasteiger partial charge in [0, 0.05) is 12.6 Å². The molecule has 0 saturated carbocycles. The Bertz CT molecular complexity index is 600. The normalized spacial score (nSPS) is 15.8. The van der Waals surface area contributed by atoms with Crippen LogP contribution in [0.25, 0.3) is 0 Å². The zero-order valence-corrected chi connectivity index (χ0v) is 14.7. The van der Waals surface area contributed by atoms with Gasteiger partial charge >= 0.3 is 11.7 Å². The molecule has 0 spiro atoms. The molecule has 0 aliphatic carbocycles. The maximum atomic E-state index is 11.3. The largest absolute Gasteiger partial charge is 0.475 e. The first kappa shape index (κ1) is 19.1. The Balaban J connectivity index is 1.99. The number of esters is 1. The number of nitrogens with zero attached hydrogens (tertiary/aromatic N) is 2. The minimum absolute atomic E-state index is 0.0758. The van der Waals surface area contributed by atoms with Crippen molar-refractivity contribution < 1.29 is 19.2 Å². The molecule has 25 heavy (non-hydrogen) atoms. The summed E-state index contributed by atoms with van der Waals surface area (Å²) in [5.41, 5.74) is 0.732. The van der Waals surface area contributed by atoms with Crippen LogP contribution in [0, 0.1) is 16.0 Å². The fourth-order valence-electron chi connectivity index (χ4n) is 3.02. The number of carbonyl (C=O) groups is 1. The first-order chi connectivity index (χ1) is 12.0. The van der Waals surface area contributed by atoms with Gasteiger partial charge in [-0.15, -0.1) is 0 Å². The van der Waals surface area contributed by atoms with Gasteiger partial charge in [-0.25, -0.2) is 4.79 Å². The summed E-state index contributed by atoms with van der Waals surface area (Å²) in [4.78, 5) is 24.2. The van der Waals surface area contributed by atoms with Crippen LogP contribution in [0.1, 0.15) is 18.4 Å². The quantitative estimate of drug-likeness (QED) is 0.432. The van der Waals surface area contributed by atoms with E-state index in [2.05, 4.69) is 15.0 Å². The minimum Gasteiger partial charge on any atom is -0.475 e. The van der Waals surface area contributed by atoms with Crippen LogP contribution in [0.2, 0.25) is 0 Å². The first-order valence-corrected chi connectivity index (χ1v) is 8.37. The van der Waals surface area contributed by atoms with Crippen molar-refractivity contribution in [2.24, 2.45) is 5.92 Å². The van der Waals surface area contributed by atoms with E-state index in [9.17, 15) is 14.9 Å². The topological polar surface area (TPSA) is 93.9 Å². The van der Waals surface area contributed by atoms with Gasteiger partial charge < -0.3 is 14.8 Å². The van der Waals surface area contributed by atoms with Crippen LogP contribution in [0.15, 0.2) is 18.2 Å². The number of likely N-dealkylation sites (tertiary alicyclic amines) is 1. The number of hydrogen-bond donors (Lipinski definition) is 1. The molecule has 1 aromatic rings. The maximum Gasteiger partial charge on any atom is 0.343 e. The zero-order chi connectivity index (χ0) is 18.2. The molecule has 1 aliphatic heterocycles.